The van der Waals surface area contributed by atoms with E-state index >= 15 is 0 Å². The van der Waals surface area contributed by atoms with Crippen molar-refractivity contribution in [1.82, 2.24) is 5.16 Å². The Hall–Kier alpha value is -2.08. The van der Waals surface area contributed by atoms with Gasteiger partial charge in [-0.15, -0.1) is 0 Å². The van der Waals surface area contributed by atoms with Crippen LogP contribution in [0.4, 0.5) is 11.6 Å². The molecule has 0 saturated heterocycles. The summed E-state index contributed by atoms with van der Waals surface area (Å²) in [5, 5.41) is 15.1. The number of nitro benzene ring substituents is 1. The number of nitro groups is 1. The minimum Gasteiger partial charge on any atom is -0.367 e. The molecule has 0 spiro atoms. The molecule has 0 bridgehead atoms. The van der Waals surface area contributed by atoms with Gasteiger partial charge < -0.3 is 10.3 Å². The zero-order valence-electron chi connectivity index (χ0n) is 11.1. The Morgan fingerprint density at radius 3 is 2.75 bits per heavy atom. The lowest BCUT2D eigenvalue weighted by Gasteiger charge is -2.05. The number of nitrogen functional groups attached to an aromatic ring is 1. The standard InChI is InChI=1S/C13H14ClN3O3/c1-7(2)3-11-12(16-20-13(11)15)8-4-9(14)6-10(5-8)17(18)19/h4-7H,3,15H2,1-2H3. The molecule has 0 radical (unpaired) electrons. The lowest BCUT2D eigenvalue weighted by Crippen LogP contribution is -1.99. The van der Waals surface area contributed by atoms with Crippen molar-refractivity contribution in [3.63, 3.8) is 0 Å². The summed E-state index contributed by atoms with van der Waals surface area (Å²) in [7, 11) is 0. The number of halogens is 1. The van der Waals surface area contributed by atoms with E-state index in [9.17, 15) is 10.1 Å². The fourth-order valence-corrected chi connectivity index (χ4v) is 2.20. The van der Waals surface area contributed by atoms with Crippen LogP contribution >= 0.6 is 11.6 Å². The Labute approximate surface area is 120 Å². The van der Waals surface area contributed by atoms with Gasteiger partial charge in [-0.2, -0.15) is 0 Å². The number of non-ortho nitro benzene ring substituents is 1. The molecule has 1 heterocycles. The molecule has 7 heteroatoms. The van der Waals surface area contributed by atoms with E-state index in [0.29, 0.717) is 23.6 Å². The average Bonchev–Trinajstić information content (AvgIpc) is 2.69. The lowest BCUT2D eigenvalue weighted by atomic mass is 9.99. The van der Waals surface area contributed by atoms with E-state index in [1.165, 1.54) is 12.1 Å². The van der Waals surface area contributed by atoms with Crippen molar-refractivity contribution >= 4 is 23.2 Å². The summed E-state index contributed by atoms with van der Waals surface area (Å²) in [5.41, 5.74) is 7.45. The first-order valence-electron chi connectivity index (χ1n) is 6.08. The van der Waals surface area contributed by atoms with Crippen molar-refractivity contribution in [2.24, 2.45) is 5.92 Å². The highest BCUT2D eigenvalue weighted by molar-refractivity contribution is 6.31. The third kappa shape index (κ3) is 2.91. The number of hydrogen-bond donors (Lipinski definition) is 1. The summed E-state index contributed by atoms with van der Waals surface area (Å²) < 4.78 is 5.01. The minimum absolute atomic E-state index is 0.0930. The van der Waals surface area contributed by atoms with E-state index in [2.05, 4.69) is 5.16 Å². The second-order valence-electron chi connectivity index (χ2n) is 4.93. The predicted octanol–water partition coefficient (Wildman–Crippen LogP) is 3.68. The van der Waals surface area contributed by atoms with Gasteiger partial charge in [-0.25, -0.2) is 0 Å². The van der Waals surface area contributed by atoms with E-state index in [1.807, 2.05) is 13.8 Å². The van der Waals surface area contributed by atoms with Gasteiger partial charge in [-0.05, 0) is 18.4 Å². The normalized spacial score (nSPS) is 11.0. The van der Waals surface area contributed by atoms with E-state index < -0.39 is 4.92 Å². The number of hydrogen-bond acceptors (Lipinski definition) is 5. The minimum atomic E-state index is -0.499. The molecule has 1 aromatic heterocycles. The SMILES string of the molecule is CC(C)Cc1c(-c2cc(Cl)cc([N+](=O)[O-])c2)noc1N. The largest absolute Gasteiger partial charge is 0.367 e. The zero-order chi connectivity index (χ0) is 14.9. The van der Waals surface area contributed by atoms with Gasteiger partial charge in [0, 0.05) is 28.3 Å². The van der Waals surface area contributed by atoms with E-state index in [1.54, 1.807) is 6.07 Å². The zero-order valence-corrected chi connectivity index (χ0v) is 11.8. The molecule has 0 atom stereocenters. The number of nitrogens with two attached hydrogens (primary N) is 1. The van der Waals surface area contributed by atoms with Crippen molar-refractivity contribution in [3.8, 4) is 11.3 Å². The van der Waals surface area contributed by atoms with Gasteiger partial charge in [-0.3, -0.25) is 10.1 Å². The average molecular weight is 296 g/mol. The van der Waals surface area contributed by atoms with E-state index in [4.69, 9.17) is 21.9 Å². The van der Waals surface area contributed by atoms with Crippen LogP contribution in [0.3, 0.4) is 0 Å². The molecule has 0 aliphatic heterocycles. The van der Waals surface area contributed by atoms with Crippen molar-refractivity contribution in [1.29, 1.82) is 0 Å². The van der Waals surface area contributed by atoms with Crippen LogP contribution < -0.4 is 5.73 Å². The van der Waals surface area contributed by atoms with Crippen LogP contribution in [0, 0.1) is 16.0 Å². The third-order valence-corrected chi connectivity index (χ3v) is 3.02. The van der Waals surface area contributed by atoms with Gasteiger partial charge >= 0.3 is 0 Å². The molecule has 2 N–H and O–H groups in total. The predicted molar refractivity (Wildman–Crippen MR) is 76.6 cm³/mol. The highest BCUT2D eigenvalue weighted by Gasteiger charge is 2.19. The van der Waals surface area contributed by atoms with Crippen LogP contribution in [0.2, 0.25) is 5.02 Å². The molecular weight excluding hydrogens is 282 g/mol. The summed E-state index contributed by atoms with van der Waals surface area (Å²) in [6, 6.07) is 4.30. The monoisotopic (exact) mass is 295 g/mol. The molecule has 0 aliphatic rings. The Kier molecular flexibility index (Phi) is 3.94. The summed E-state index contributed by atoms with van der Waals surface area (Å²) >= 11 is 5.91. The summed E-state index contributed by atoms with van der Waals surface area (Å²) in [4.78, 5) is 10.4. The van der Waals surface area contributed by atoms with Gasteiger partial charge in [0.25, 0.3) is 5.69 Å². The molecule has 106 valence electrons. The lowest BCUT2D eigenvalue weighted by molar-refractivity contribution is -0.384. The Balaban J connectivity index is 2.54. The van der Waals surface area contributed by atoms with Crippen LogP contribution in [0.25, 0.3) is 11.3 Å². The van der Waals surface area contributed by atoms with Gasteiger partial charge in [0.2, 0.25) is 5.88 Å². The Morgan fingerprint density at radius 1 is 1.45 bits per heavy atom. The van der Waals surface area contributed by atoms with Gasteiger partial charge in [-0.1, -0.05) is 30.6 Å². The number of anilines is 1. The molecule has 6 nitrogen and oxygen atoms in total. The fourth-order valence-electron chi connectivity index (χ4n) is 1.97. The Morgan fingerprint density at radius 2 is 2.15 bits per heavy atom. The molecule has 0 unspecified atom stereocenters. The van der Waals surface area contributed by atoms with E-state index in [0.717, 1.165) is 5.56 Å². The number of rotatable bonds is 4. The first kappa shape index (κ1) is 14.3. The summed E-state index contributed by atoms with van der Waals surface area (Å²) in [5.74, 6) is 0.584. The first-order valence-corrected chi connectivity index (χ1v) is 6.45. The second kappa shape index (κ2) is 5.50. The second-order valence-corrected chi connectivity index (χ2v) is 5.36. The molecule has 0 amide bonds. The van der Waals surface area contributed by atoms with Gasteiger partial charge in [0.15, 0.2) is 0 Å². The third-order valence-electron chi connectivity index (χ3n) is 2.80. The van der Waals surface area contributed by atoms with Crippen LogP contribution in [0.1, 0.15) is 19.4 Å². The molecule has 2 rings (SSSR count). The molecule has 0 saturated carbocycles. The molecule has 0 aliphatic carbocycles. The maximum Gasteiger partial charge on any atom is 0.271 e. The molecule has 2 aromatic rings. The Bertz CT molecular complexity index is 652. The maximum atomic E-state index is 10.9. The van der Waals surface area contributed by atoms with Crippen LogP contribution in [0.15, 0.2) is 22.7 Å². The number of aromatic nitrogens is 1. The van der Waals surface area contributed by atoms with Crippen molar-refractivity contribution in [2.75, 3.05) is 5.73 Å². The van der Waals surface area contributed by atoms with Crippen LogP contribution in [-0.2, 0) is 6.42 Å². The quantitative estimate of drug-likeness (QED) is 0.685. The summed E-state index contributed by atoms with van der Waals surface area (Å²) in [6.07, 6.45) is 0.672. The smallest absolute Gasteiger partial charge is 0.271 e. The molecule has 20 heavy (non-hydrogen) atoms. The highest BCUT2D eigenvalue weighted by atomic mass is 35.5. The topological polar surface area (TPSA) is 95.2 Å². The van der Waals surface area contributed by atoms with Crippen LogP contribution in [-0.4, -0.2) is 10.1 Å². The number of nitrogens with zero attached hydrogens (tertiary/aromatic N) is 2. The van der Waals surface area contributed by atoms with Crippen molar-refractivity contribution in [2.45, 2.75) is 20.3 Å². The molecule has 0 fully saturated rings. The summed E-state index contributed by atoms with van der Waals surface area (Å²) in [6.45, 7) is 4.08. The van der Waals surface area contributed by atoms with Crippen molar-refractivity contribution in [3.05, 3.63) is 38.9 Å². The first-order chi connectivity index (χ1) is 9.38. The highest BCUT2D eigenvalue weighted by Crippen LogP contribution is 2.33. The van der Waals surface area contributed by atoms with Crippen molar-refractivity contribution < 1.29 is 9.45 Å². The van der Waals surface area contributed by atoms with Gasteiger partial charge in [0.05, 0.1) is 4.92 Å². The van der Waals surface area contributed by atoms with Gasteiger partial charge in [0.1, 0.15) is 5.69 Å². The number of benzene rings is 1. The van der Waals surface area contributed by atoms with E-state index in [-0.39, 0.29) is 16.6 Å². The van der Waals surface area contributed by atoms with Crippen LogP contribution in [0.5, 0.6) is 0 Å². The molecule has 1 aromatic carbocycles. The maximum absolute atomic E-state index is 10.9. The molecular formula is C13H14ClN3O3. The fraction of sp³-hybridized carbons (Fsp3) is 0.308.